The zero-order valence-corrected chi connectivity index (χ0v) is 14.3. The molecule has 23 heavy (non-hydrogen) atoms. The van der Waals surface area contributed by atoms with Gasteiger partial charge < -0.3 is 10.0 Å². The normalized spacial score (nSPS) is 16.1. The fraction of sp³-hybridized carbons (Fsp3) is 0.333. The zero-order valence-electron chi connectivity index (χ0n) is 12.7. The predicted octanol–water partition coefficient (Wildman–Crippen LogP) is 1.37. The van der Waals surface area contributed by atoms with Gasteiger partial charge >= 0.3 is 5.97 Å². The number of amides is 3. The standard InChI is InChI=1S/C15H15BrN2O5/c1-7(12(19)17(3)8(2)15(22)23)18-13(20)10-5-4-9(16)6-11(10)14(18)21/h4-8H,1-3H3,(H,22,23). The number of imide groups is 1. The first-order chi connectivity index (χ1) is 10.7. The number of carbonyl (C=O) groups is 4. The number of nitrogens with zero attached hydrogens (tertiary/aromatic N) is 2. The number of benzene rings is 1. The van der Waals surface area contributed by atoms with Crippen LogP contribution in [-0.2, 0) is 9.59 Å². The smallest absolute Gasteiger partial charge is 0.326 e. The summed E-state index contributed by atoms with van der Waals surface area (Å²) in [5.74, 6) is -2.91. The number of fused-ring (bicyclic) bond motifs is 1. The van der Waals surface area contributed by atoms with Crippen LogP contribution in [0.3, 0.4) is 0 Å². The van der Waals surface area contributed by atoms with E-state index in [0.29, 0.717) is 4.47 Å². The van der Waals surface area contributed by atoms with Crippen molar-refractivity contribution in [1.82, 2.24) is 9.80 Å². The van der Waals surface area contributed by atoms with Gasteiger partial charge in [-0.05, 0) is 32.0 Å². The van der Waals surface area contributed by atoms with Crippen molar-refractivity contribution in [3.63, 3.8) is 0 Å². The molecule has 0 spiro atoms. The van der Waals surface area contributed by atoms with Crippen molar-refractivity contribution in [1.29, 1.82) is 0 Å². The lowest BCUT2D eigenvalue weighted by Gasteiger charge is -2.28. The van der Waals surface area contributed by atoms with Gasteiger partial charge in [0.05, 0.1) is 11.1 Å². The van der Waals surface area contributed by atoms with Crippen LogP contribution in [0, 0.1) is 0 Å². The molecule has 1 heterocycles. The van der Waals surface area contributed by atoms with Crippen molar-refractivity contribution in [3.8, 4) is 0 Å². The lowest BCUT2D eigenvalue weighted by molar-refractivity contribution is -0.149. The Balaban J connectivity index is 2.29. The number of carboxylic acid groups (broad SMARTS) is 1. The van der Waals surface area contributed by atoms with Crippen molar-refractivity contribution < 1.29 is 24.3 Å². The molecule has 1 aromatic carbocycles. The topological polar surface area (TPSA) is 95.0 Å². The van der Waals surface area contributed by atoms with Crippen LogP contribution in [0.4, 0.5) is 0 Å². The van der Waals surface area contributed by atoms with Gasteiger partial charge in [-0.1, -0.05) is 15.9 Å². The minimum absolute atomic E-state index is 0.220. The van der Waals surface area contributed by atoms with Crippen LogP contribution in [-0.4, -0.2) is 57.7 Å². The molecule has 2 rings (SSSR count). The van der Waals surface area contributed by atoms with Crippen LogP contribution in [0.2, 0.25) is 0 Å². The maximum Gasteiger partial charge on any atom is 0.326 e. The Kier molecular flexibility index (Phi) is 4.56. The lowest BCUT2D eigenvalue weighted by atomic mass is 10.1. The molecular weight excluding hydrogens is 368 g/mol. The van der Waals surface area contributed by atoms with Crippen molar-refractivity contribution in [2.24, 2.45) is 0 Å². The van der Waals surface area contributed by atoms with Crippen molar-refractivity contribution in [2.75, 3.05) is 7.05 Å². The van der Waals surface area contributed by atoms with Crippen molar-refractivity contribution in [3.05, 3.63) is 33.8 Å². The lowest BCUT2D eigenvalue weighted by Crippen LogP contribution is -2.51. The van der Waals surface area contributed by atoms with Crippen LogP contribution in [0.25, 0.3) is 0 Å². The average Bonchev–Trinajstić information content (AvgIpc) is 2.75. The van der Waals surface area contributed by atoms with Crippen molar-refractivity contribution in [2.45, 2.75) is 25.9 Å². The number of hydrogen-bond donors (Lipinski definition) is 1. The molecule has 3 amide bonds. The van der Waals surface area contributed by atoms with Gasteiger partial charge in [-0.2, -0.15) is 0 Å². The minimum atomic E-state index is -1.17. The second-order valence-corrected chi connectivity index (χ2v) is 6.23. The van der Waals surface area contributed by atoms with Gasteiger partial charge in [-0.15, -0.1) is 0 Å². The molecule has 0 aliphatic carbocycles. The molecule has 0 saturated heterocycles. The molecule has 0 aromatic heterocycles. The Morgan fingerprint density at radius 2 is 1.74 bits per heavy atom. The van der Waals surface area contributed by atoms with E-state index in [1.54, 1.807) is 6.07 Å². The van der Waals surface area contributed by atoms with Gasteiger partial charge in [0.2, 0.25) is 5.91 Å². The first-order valence-electron chi connectivity index (χ1n) is 6.83. The van der Waals surface area contributed by atoms with E-state index in [1.165, 1.54) is 33.0 Å². The van der Waals surface area contributed by atoms with Crippen LogP contribution < -0.4 is 0 Å². The summed E-state index contributed by atoms with van der Waals surface area (Å²) in [6, 6.07) is 2.53. The highest BCUT2D eigenvalue weighted by atomic mass is 79.9. The van der Waals surface area contributed by atoms with Gasteiger partial charge in [0.25, 0.3) is 11.8 Å². The molecule has 8 heteroatoms. The Hall–Kier alpha value is -2.22. The first kappa shape index (κ1) is 17.1. The molecule has 0 radical (unpaired) electrons. The molecule has 2 unspecified atom stereocenters. The van der Waals surface area contributed by atoms with E-state index < -0.39 is 35.8 Å². The van der Waals surface area contributed by atoms with Gasteiger partial charge in [0, 0.05) is 11.5 Å². The number of likely N-dealkylation sites (N-methyl/N-ethyl adjacent to an activating group) is 1. The molecule has 1 N–H and O–H groups in total. The molecule has 1 aromatic rings. The summed E-state index contributed by atoms with van der Waals surface area (Å²) in [4.78, 5) is 50.1. The molecule has 1 aliphatic heterocycles. The summed E-state index contributed by atoms with van der Waals surface area (Å²) >= 11 is 3.23. The van der Waals surface area contributed by atoms with E-state index in [4.69, 9.17) is 5.11 Å². The summed E-state index contributed by atoms with van der Waals surface area (Å²) < 4.78 is 0.648. The summed E-state index contributed by atoms with van der Waals surface area (Å²) in [6.07, 6.45) is 0. The third-order valence-electron chi connectivity index (χ3n) is 3.91. The molecule has 2 atom stereocenters. The van der Waals surface area contributed by atoms with Gasteiger partial charge in [-0.3, -0.25) is 19.3 Å². The van der Waals surface area contributed by atoms with E-state index in [2.05, 4.69) is 15.9 Å². The Labute approximate surface area is 141 Å². The molecule has 122 valence electrons. The van der Waals surface area contributed by atoms with E-state index in [-0.39, 0.29) is 11.1 Å². The monoisotopic (exact) mass is 382 g/mol. The first-order valence-corrected chi connectivity index (χ1v) is 7.63. The predicted molar refractivity (Wildman–Crippen MR) is 84.0 cm³/mol. The summed E-state index contributed by atoms with van der Waals surface area (Å²) in [7, 11) is 1.33. The van der Waals surface area contributed by atoms with E-state index in [1.807, 2.05) is 0 Å². The largest absolute Gasteiger partial charge is 0.480 e. The maximum atomic E-state index is 12.4. The maximum absolute atomic E-state index is 12.4. The van der Waals surface area contributed by atoms with Crippen LogP contribution >= 0.6 is 15.9 Å². The molecular formula is C15H15BrN2O5. The third kappa shape index (κ3) is 2.86. The molecule has 0 fully saturated rings. The molecule has 0 saturated carbocycles. The zero-order chi connectivity index (χ0) is 17.5. The Morgan fingerprint density at radius 1 is 1.17 bits per heavy atom. The van der Waals surface area contributed by atoms with E-state index >= 15 is 0 Å². The van der Waals surface area contributed by atoms with E-state index in [0.717, 1.165) is 9.80 Å². The molecule has 0 bridgehead atoms. The highest BCUT2D eigenvalue weighted by Gasteiger charge is 2.42. The fourth-order valence-electron chi connectivity index (χ4n) is 2.35. The molecule has 1 aliphatic rings. The second kappa shape index (κ2) is 6.11. The van der Waals surface area contributed by atoms with Crippen LogP contribution in [0.5, 0.6) is 0 Å². The summed E-state index contributed by atoms with van der Waals surface area (Å²) in [6.45, 7) is 2.76. The quantitative estimate of drug-likeness (QED) is 0.793. The Morgan fingerprint density at radius 3 is 2.30 bits per heavy atom. The second-order valence-electron chi connectivity index (χ2n) is 5.31. The van der Waals surface area contributed by atoms with Gasteiger partial charge in [-0.25, -0.2) is 4.79 Å². The molecule has 7 nitrogen and oxygen atoms in total. The highest BCUT2D eigenvalue weighted by Crippen LogP contribution is 2.28. The van der Waals surface area contributed by atoms with E-state index in [9.17, 15) is 19.2 Å². The van der Waals surface area contributed by atoms with Gasteiger partial charge in [0.15, 0.2) is 0 Å². The summed E-state index contributed by atoms with van der Waals surface area (Å²) in [5.41, 5.74) is 0.449. The van der Waals surface area contributed by atoms with Crippen LogP contribution in [0.1, 0.15) is 34.6 Å². The highest BCUT2D eigenvalue weighted by molar-refractivity contribution is 9.10. The van der Waals surface area contributed by atoms with Crippen molar-refractivity contribution >= 4 is 39.6 Å². The number of rotatable bonds is 4. The number of carbonyl (C=O) groups excluding carboxylic acids is 3. The minimum Gasteiger partial charge on any atom is -0.480 e. The fourth-order valence-corrected chi connectivity index (χ4v) is 2.71. The SMILES string of the molecule is CC(C(=O)O)N(C)C(=O)C(C)N1C(=O)c2ccc(Br)cc2C1=O. The number of aliphatic carboxylic acids is 1. The van der Waals surface area contributed by atoms with Gasteiger partial charge in [0.1, 0.15) is 12.1 Å². The third-order valence-corrected chi connectivity index (χ3v) is 4.40. The van der Waals surface area contributed by atoms with Crippen LogP contribution in [0.15, 0.2) is 22.7 Å². The summed E-state index contributed by atoms with van der Waals surface area (Å²) in [5, 5.41) is 8.98. The number of halogens is 1. The Bertz CT molecular complexity index is 718. The average molecular weight is 383 g/mol. The number of hydrogen-bond acceptors (Lipinski definition) is 4. The number of carboxylic acids is 1.